The summed E-state index contributed by atoms with van der Waals surface area (Å²) in [5.41, 5.74) is 0.535. The molecule has 1 aromatic carbocycles. The highest BCUT2D eigenvalue weighted by Gasteiger charge is 2.18. The minimum atomic E-state index is -1.05. The van der Waals surface area contributed by atoms with E-state index in [9.17, 15) is 14.0 Å². The van der Waals surface area contributed by atoms with E-state index in [-0.39, 0.29) is 18.9 Å². The fraction of sp³-hybridized carbons (Fsp3) is 0.214. The molecule has 0 spiro atoms. The van der Waals surface area contributed by atoms with Crippen LogP contribution in [0.25, 0.3) is 0 Å². The molecule has 1 amide bonds. The second-order valence-corrected chi connectivity index (χ2v) is 4.47. The lowest BCUT2D eigenvalue weighted by molar-refractivity contribution is -0.137. The first-order valence-corrected chi connectivity index (χ1v) is 6.28. The van der Waals surface area contributed by atoms with Crippen LogP contribution in [-0.2, 0) is 16.1 Å². The summed E-state index contributed by atoms with van der Waals surface area (Å²) in [6, 6.07) is 6.33. The fourth-order valence-corrected chi connectivity index (χ4v) is 1.90. The Labute approximate surface area is 120 Å². The molecule has 6 nitrogen and oxygen atoms in total. The van der Waals surface area contributed by atoms with Gasteiger partial charge in [-0.2, -0.15) is 5.10 Å². The summed E-state index contributed by atoms with van der Waals surface area (Å²) in [6.07, 6.45) is 2.89. The van der Waals surface area contributed by atoms with Crippen LogP contribution in [0, 0.1) is 5.82 Å². The maximum absolute atomic E-state index is 12.9. The van der Waals surface area contributed by atoms with Crippen LogP contribution in [0.4, 0.5) is 4.39 Å². The number of hydrogen-bond donors (Lipinski definition) is 2. The van der Waals surface area contributed by atoms with Gasteiger partial charge in [0, 0.05) is 12.4 Å². The van der Waals surface area contributed by atoms with Crippen molar-refractivity contribution in [1.29, 1.82) is 0 Å². The lowest BCUT2D eigenvalue weighted by Crippen LogP contribution is -2.33. The van der Waals surface area contributed by atoms with E-state index in [1.807, 2.05) is 0 Å². The monoisotopic (exact) mass is 291 g/mol. The number of rotatable bonds is 6. The fourth-order valence-electron chi connectivity index (χ4n) is 1.90. The number of benzene rings is 1. The molecule has 2 rings (SSSR count). The molecule has 0 aliphatic rings. The number of carboxylic acids is 1. The minimum absolute atomic E-state index is 0.00961. The van der Waals surface area contributed by atoms with Crippen molar-refractivity contribution in [3.63, 3.8) is 0 Å². The zero-order valence-electron chi connectivity index (χ0n) is 11.1. The van der Waals surface area contributed by atoms with E-state index in [0.29, 0.717) is 5.56 Å². The highest BCUT2D eigenvalue weighted by Crippen LogP contribution is 2.17. The zero-order chi connectivity index (χ0) is 15.2. The van der Waals surface area contributed by atoms with Crippen LogP contribution >= 0.6 is 0 Å². The Bertz CT molecular complexity index is 611. The molecule has 0 saturated carbocycles. The number of carbonyl (C=O) groups excluding carboxylic acids is 1. The molecule has 2 aromatic rings. The normalized spacial score (nSPS) is 11.9. The van der Waals surface area contributed by atoms with Gasteiger partial charge < -0.3 is 10.4 Å². The van der Waals surface area contributed by atoms with Gasteiger partial charge in [-0.05, 0) is 23.8 Å². The van der Waals surface area contributed by atoms with Crippen LogP contribution in [0.15, 0.2) is 42.7 Å². The Hall–Kier alpha value is -2.70. The van der Waals surface area contributed by atoms with Gasteiger partial charge in [0.1, 0.15) is 12.4 Å². The number of nitrogens with zero attached hydrogens (tertiary/aromatic N) is 2. The Morgan fingerprint density at radius 2 is 2.05 bits per heavy atom. The number of carbonyl (C=O) groups is 2. The summed E-state index contributed by atoms with van der Waals surface area (Å²) in [6.45, 7) is -0.00961. The molecule has 2 N–H and O–H groups in total. The van der Waals surface area contributed by atoms with Gasteiger partial charge in [-0.1, -0.05) is 12.1 Å². The molecule has 0 bridgehead atoms. The van der Waals surface area contributed by atoms with E-state index in [1.165, 1.54) is 28.9 Å². The van der Waals surface area contributed by atoms with Crippen molar-refractivity contribution in [3.8, 4) is 0 Å². The summed E-state index contributed by atoms with van der Waals surface area (Å²) in [5.74, 6) is -1.84. The molecule has 110 valence electrons. The number of amides is 1. The first kappa shape index (κ1) is 14.7. The molecule has 1 atom stereocenters. The van der Waals surface area contributed by atoms with Gasteiger partial charge in [0.2, 0.25) is 5.91 Å². The average Bonchev–Trinajstić information content (AvgIpc) is 2.91. The van der Waals surface area contributed by atoms with Crippen molar-refractivity contribution in [2.24, 2.45) is 0 Å². The minimum Gasteiger partial charge on any atom is -0.481 e. The van der Waals surface area contributed by atoms with Crippen molar-refractivity contribution < 1.29 is 19.1 Å². The predicted octanol–water partition coefficient (Wildman–Crippen LogP) is 1.35. The third-order valence-electron chi connectivity index (χ3n) is 2.85. The molecule has 1 aromatic heterocycles. The van der Waals surface area contributed by atoms with Crippen molar-refractivity contribution >= 4 is 11.9 Å². The van der Waals surface area contributed by atoms with Crippen molar-refractivity contribution in [1.82, 2.24) is 15.1 Å². The first-order chi connectivity index (χ1) is 10.0. The summed E-state index contributed by atoms with van der Waals surface area (Å²) in [5, 5.41) is 15.4. The van der Waals surface area contributed by atoms with Crippen LogP contribution in [0.3, 0.4) is 0 Å². The molecular weight excluding hydrogens is 277 g/mol. The van der Waals surface area contributed by atoms with Crippen LogP contribution < -0.4 is 5.32 Å². The largest absolute Gasteiger partial charge is 0.481 e. The maximum Gasteiger partial charge on any atom is 0.305 e. The summed E-state index contributed by atoms with van der Waals surface area (Å²) >= 11 is 0. The molecule has 21 heavy (non-hydrogen) atoms. The van der Waals surface area contributed by atoms with Crippen molar-refractivity contribution in [3.05, 3.63) is 54.1 Å². The van der Waals surface area contributed by atoms with Gasteiger partial charge >= 0.3 is 5.97 Å². The third-order valence-corrected chi connectivity index (χ3v) is 2.85. The predicted molar refractivity (Wildman–Crippen MR) is 71.8 cm³/mol. The van der Waals surface area contributed by atoms with Crippen molar-refractivity contribution in [2.45, 2.75) is 19.0 Å². The van der Waals surface area contributed by atoms with E-state index in [1.54, 1.807) is 18.5 Å². The molecule has 0 saturated heterocycles. The third kappa shape index (κ3) is 4.41. The Kier molecular flexibility index (Phi) is 4.65. The smallest absolute Gasteiger partial charge is 0.305 e. The summed E-state index contributed by atoms with van der Waals surface area (Å²) in [4.78, 5) is 22.8. The van der Waals surface area contributed by atoms with Gasteiger partial charge in [-0.15, -0.1) is 0 Å². The van der Waals surface area contributed by atoms with Crippen molar-refractivity contribution in [2.75, 3.05) is 0 Å². The van der Waals surface area contributed by atoms with Crippen LogP contribution in [0.1, 0.15) is 18.0 Å². The van der Waals surface area contributed by atoms with Gasteiger partial charge in [0.15, 0.2) is 0 Å². The van der Waals surface area contributed by atoms with Crippen LogP contribution in [0.2, 0.25) is 0 Å². The standard InChI is InChI=1S/C14H14FN3O3/c15-11-4-2-10(3-5-11)12(8-14(20)21)17-13(19)9-18-7-1-6-16-18/h1-7,12H,8-9H2,(H,17,19)(H,20,21)/t12-/m1/s1. The number of carboxylic acid groups (broad SMARTS) is 1. The van der Waals surface area contributed by atoms with Gasteiger partial charge in [-0.3, -0.25) is 14.3 Å². The molecule has 0 unspecified atom stereocenters. The molecular formula is C14H14FN3O3. The van der Waals surface area contributed by atoms with E-state index in [0.717, 1.165) is 0 Å². The molecule has 0 fully saturated rings. The Morgan fingerprint density at radius 1 is 1.33 bits per heavy atom. The topological polar surface area (TPSA) is 84.2 Å². The average molecular weight is 291 g/mol. The highest BCUT2D eigenvalue weighted by atomic mass is 19.1. The molecule has 0 radical (unpaired) electrons. The lowest BCUT2D eigenvalue weighted by Gasteiger charge is -2.17. The number of aliphatic carboxylic acids is 1. The SMILES string of the molecule is O=C(O)C[C@@H](NC(=O)Cn1cccn1)c1ccc(F)cc1. The molecule has 0 aliphatic carbocycles. The van der Waals surface area contributed by atoms with Gasteiger partial charge in [0.05, 0.1) is 12.5 Å². The van der Waals surface area contributed by atoms with Crippen LogP contribution in [0.5, 0.6) is 0 Å². The molecule has 1 heterocycles. The Balaban J connectivity index is 2.07. The second kappa shape index (κ2) is 6.65. The quantitative estimate of drug-likeness (QED) is 0.841. The van der Waals surface area contributed by atoms with Crippen LogP contribution in [-0.4, -0.2) is 26.8 Å². The summed E-state index contributed by atoms with van der Waals surface area (Å²) < 4.78 is 14.3. The highest BCUT2D eigenvalue weighted by molar-refractivity contribution is 5.77. The molecule has 7 heteroatoms. The lowest BCUT2D eigenvalue weighted by atomic mass is 10.0. The van der Waals surface area contributed by atoms with E-state index in [2.05, 4.69) is 10.4 Å². The van der Waals surface area contributed by atoms with E-state index < -0.39 is 17.8 Å². The number of nitrogens with one attached hydrogen (secondary N) is 1. The number of halogens is 1. The number of aromatic nitrogens is 2. The Morgan fingerprint density at radius 3 is 2.62 bits per heavy atom. The zero-order valence-corrected chi connectivity index (χ0v) is 11.1. The summed E-state index contributed by atoms with van der Waals surface area (Å²) in [7, 11) is 0. The molecule has 0 aliphatic heterocycles. The maximum atomic E-state index is 12.9. The van der Waals surface area contributed by atoms with E-state index in [4.69, 9.17) is 5.11 Å². The van der Waals surface area contributed by atoms with Gasteiger partial charge in [-0.25, -0.2) is 4.39 Å². The second-order valence-electron chi connectivity index (χ2n) is 4.47. The number of hydrogen-bond acceptors (Lipinski definition) is 3. The first-order valence-electron chi connectivity index (χ1n) is 6.28. The van der Waals surface area contributed by atoms with E-state index >= 15 is 0 Å². The van der Waals surface area contributed by atoms with Gasteiger partial charge in [0.25, 0.3) is 0 Å².